The van der Waals surface area contributed by atoms with Gasteiger partial charge in [0.1, 0.15) is 6.17 Å². The Balaban J connectivity index is 1.46. The maximum Gasteiger partial charge on any atom is 0.240 e. The minimum atomic E-state index is -1.01. The Morgan fingerprint density at radius 1 is 1.23 bits per heavy atom. The van der Waals surface area contributed by atoms with Gasteiger partial charge in [-0.3, -0.25) is 9.69 Å². The van der Waals surface area contributed by atoms with E-state index < -0.39 is 12.2 Å². The Labute approximate surface area is 151 Å². The third-order valence-corrected chi connectivity index (χ3v) is 4.91. The number of halogens is 1. The van der Waals surface area contributed by atoms with E-state index in [1.54, 1.807) is 11.1 Å². The van der Waals surface area contributed by atoms with Crippen molar-refractivity contribution in [1.29, 1.82) is 0 Å². The number of ether oxygens (including phenoxy) is 1. The number of rotatable bonds is 4. The first-order chi connectivity index (χ1) is 12.7. The van der Waals surface area contributed by atoms with E-state index in [1.807, 2.05) is 35.2 Å². The minimum Gasteiger partial charge on any atom is -0.439 e. The van der Waals surface area contributed by atoms with Gasteiger partial charge < -0.3 is 14.1 Å². The molecule has 2 fully saturated rings. The largest absolute Gasteiger partial charge is 0.439 e. The predicted molar refractivity (Wildman–Crippen MR) is 93.0 cm³/mol. The molecule has 0 unspecified atom stereocenters. The van der Waals surface area contributed by atoms with Gasteiger partial charge >= 0.3 is 0 Å². The number of morpholine rings is 1. The van der Waals surface area contributed by atoms with E-state index in [0.717, 1.165) is 5.56 Å². The van der Waals surface area contributed by atoms with Crippen molar-refractivity contribution >= 4 is 5.91 Å². The number of nitrogens with zero attached hydrogens (tertiary/aromatic N) is 3. The number of alkyl halides is 1. The van der Waals surface area contributed by atoms with E-state index in [-0.39, 0.29) is 18.9 Å². The lowest BCUT2D eigenvalue weighted by Gasteiger charge is -2.31. The molecule has 0 saturated carbocycles. The van der Waals surface area contributed by atoms with Gasteiger partial charge in [-0.1, -0.05) is 30.3 Å². The molecule has 1 amide bonds. The topological polar surface area (TPSA) is 58.8 Å². The van der Waals surface area contributed by atoms with Crippen molar-refractivity contribution in [2.75, 3.05) is 32.8 Å². The highest BCUT2D eigenvalue weighted by molar-refractivity contribution is 5.82. The lowest BCUT2D eigenvalue weighted by atomic mass is 10.1. The maximum atomic E-state index is 14.0. The molecule has 26 heavy (non-hydrogen) atoms. The van der Waals surface area contributed by atoms with Crippen LogP contribution in [0.1, 0.15) is 12.3 Å². The molecule has 2 atom stereocenters. The van der Waals surface area contributed by atoms with Crippen molar-refractivity contribution in [3.63, 3.8) is 0 Å². The van der Waals surface area contributed by atoms with E-state index in [9.17, 15) is 9.18 Å². The fourth-order valence-corrected chi connectivity index (χ4v) is 3.57. The van der Waals surface area contributed by atoms with Gasteiger partial charge in [0.15, 0.2) is 5.76 Å². The van der Waals surface area contributed by atoms with Gasteiger partial charge in [0, 0.05) is 31.6 Å². The van der Waals surface area contributed by atoms with Crippen LogP contribution >= 0.6 is 0 Å². The van der Waals surface area contributed by atoms with E-state index in [0.29, 0.717) is 44.5 Å². The molecule has 138 valence electrons. The summed E-state index contributed by atoms with van der Waals surface area (Å²) in [4.78, 5) is 20.7. The highest BCUT2D eigenvalue weighted by atomic mass is 19.1. The summed E-state index contributed by atoms with van der Waals surface area (Å²) in [6.07, 6.45) is 0.892. The summed E-state index contributed by atoms with van der Waals surface area (Å²) in [5.74, 6) is 1.15. The highest BCUT2D eigenvalue weighted by Gasteiger charge is 2.39. The molecule has 0 radical (unpaired) electrons. The zero-order valence-corrected chi connectivity index (χ0v) is 14.5. The lowest BCUT2D eigenvalue weighted by Crippen LogP contribution is -2.49. The molecule has 2 saturated heterocycles. The minimum absolute atomic E-state index is 0.0247. The fourth-order valence-electron chi connectivity index (χ4n) is 3.57. The molecule has 2 aliphatic rings. The summed E-state index contributed by atoms with van der Waals surface area (Å²) in [5.41, 5.74) is 0.942. The van der Waals surface area contributed by atoms with Crippen molar-refractivity contribution in [3.05, 3.63) is 42.4 Å². The number of oxazole rings is 1. The van der Waals surface area contributed by atoms with Crippen LogP contribution in [-0.2, 0) is 16.1 Å². The summed E-state index contributed by atoms with van der Waals surface area (Å²) in [6.45, 7) is 2.77. The van der Waals surface area contributed by atoms with Gasteiger partial charge in [0.05, 0.1) is 32.0 Å². The zero-order valence-electron chi connectivity index (χ0n) is 14.5. The summed E-state index contributed by atoms with van der Waals surface area (Å²) in [6, 6.07) is 9.24. The Morgan fingerprint density at radius 2 is 2.00 bits per heavy atom. The summed E-state index contributed by atoms with van der Waals surface area (Å²) in [7, 11) is 0. The molecule has 0 N–H and O–H groups in total. The quantitative estimate of drug-likeness (QED) is 0.837. The molecule has 0 aliphatic carbocycles. The van der Waals surface area contributed by atoms with Crippen LogP contribution in [0.3, 0.4) is 0 Å². The van der Waals surface area contributed by atoms with Crippen LogP contribution in [0, 0.1) is 0 Å². The van der Waals surface area contributed by atoms with E-state index in [1.165, 1.54) is 0 Å². The Kier molecular flexibility index (Phi) is 4.99. The Bertz CT molecular complexity index is 745. The number of likely N-dealkylation sites (tertiary alicyclic amines) is 1. The predicted octanol–water partition coefficient (Wildman–Crippen LogP) is 2.11. The first-order valence-corrected chi connectivity index (χ1v) is 8.95. The third-order valence-electron chi connectivity index (χ3n) is 4.91. The molecule has 0 spiro atoms. The molecule has 1 aromatic heterocycles. The molecule has 1 aromatic carbocycles. The number of hydrogen-bond acceptors (Lipinski definition) is 5. The fraction of sp³-hybridized carbons (Fsp3) is 0.474. The molecular formula is C19H22FN3O3. The third kappa shape index (κ3) is 3.64. The molecule has 0 bridgehead atoms. The molecule has 6 nitrogen and oxygen atoms in total. The monoisotopic (exact) mass is 359 g/mol. The van der Waals surface area contributed by atoms with Crippen LogP contribution in [0.4, 0.5) is 4.39 Å². The average molecular weight is 359 g/mol. The zero-order chi connectivity index (χ0) is 17.9. The molecule has 2 aliphatic heterocycles. The van der Waals surface area contributed by atoms with E-state index >= 15 is 0 Å². The van der Waals surface area contributed by atoms with Crippen molar-refractivity contribution in [1.82, 2.24) is 14.8 Å². The second-order valence-electron chi connectivity index (χ2n) is 6.70. The van der Waals surface area contributed by atoms with Crippen molar-refractivity contribution in [2.45, 2.75) is 25.2 Å². The number of aromatic nitrogens is 1. The Morgan fingerprint density at radius 3 is 2.77 bits per heavy atom. The van der Waals surface area contributed by atoms with Crippen molar-refractivity contribution in [3.8, 4) is 11.3 Å². The summed E-state index contributed by atoms with van der Waals surface area (Å²) in [5, 5.41) is 0. The van der Waals surface area contributed by atoms with Crippen LogP contribution in [0.25, 0.3) is 11.3 Å². The van der Waals surface area contributed by atoms with E-state index in [2.05, 4.69) is 4.98 Å². The molecular weight excluding hydrogens is 337 g/mol. The van der Waals surface area contributed by atoms with Gasteiger partial charge in [0.25, 0.3) is 0 Å². The van der Waals surface area contributed by atoms with E-state index in [4.69, 9.17) is 9.15 Å². The van der Waals surface area contributed by atoms with Crippen molar-refractivity contribution < 1.29 is 18.3 Å². The van der Waals surface area contributed by atoms with Gasteiger partial charge in [-0.2, -0.15) is 0 Å². The van der Waals surface area contributed by atoms with Gasteiger partial charge in [-0.25, -0.2) is 9.37 Å². The molecule has 7 heteroatoms. The van der Waals surface area contributed by atoms with Crippen molar-refractivity contribution in [2.24, 2.45) is 0 Å². The second kappa shape index (κ2) is 7.55. The maximum absolute atomic E-state index is 14.0. The van der Waals surface area contributed by atoms with Gasteiger partial charge in [-0.15, -0.1) is 0 Å². The Hall–Kier alpha value is -2.25. The van der Waals surface area contributed by atoms with Crippen LogP contribution in [0.2, 0.25) is 0 Å². The SMILES string of the molecule is O=C([C@@H]1C[C@@H](F)CN1Cc1ncc(-c2ccccc2)o1)N1CCOCC1. The first kappa shape index (κ1) is 17.2. The molecule has 2 aromatic rings. The number of hydrogen-bond donors (Lipinski definition) is 0. The van der Waals surface area contributed by atoms with Crippen LogP contribution < -0.4 is 0 Å². The van der Waals surface area contributed by atoms with Crippen LogP contribution in [-0.4, -0.2) is 65.8 Å². The second-order valence-corrected chi connectivity index (χ2v) is 6.70. The molecule has 3 heterocycles. The number of amides is 1. The standard InChI is InChI=1S/C19H22FN3O3/c20-15-10-16(19(24)22-6-8-25-9-7-22)23(12-15)13-18-21-11-17(26-18)14-4-2-1-3-5-14/h1-5,11,15-16H,6-10,12-13H2/t15-,16+/m1/s1. The van der Waals surface area contributed by atoms with Gasteiger partial charge in [0.2, 0.25) is 11.8 Å². The number of carbonyl (C=O) groups is 1. The van der Waals surface area contributed by atoms with Crippen LogP contribution in [0.15, 0.2) is 40.9 Å². The highest BCUT2D eigenvalue weighted by Crippen LogP contribution is 2.26. The van der Waals surface area contributed by atoms with Crippen LogP contribution in [0.5, 0.6) is 0 Å². The summed E-state index contributed by atoms with van der Waals surface area (Å²) < 4.78 is 25.2. The normalized spacial score (nSPS) is 24.1. The summed E-state index contributed by atoms with van der Waals surface area (Å²) >= 11 is 0. The number of carbonyl (C=O) groups excluding carboxylic acids is 1. The number of benzene rings is 1. The molecule has 4 rings (SSSR count). The van der Waals surface area contributed by atoms with Gasteiger partial charge in [-0.05, 0) is 0 Å². The lowest BCUT2D eigenvalue weighted by molar-refractivity contribution is -0.140. The first-order valence-electron chi connectivity index (χ1n) is 8.95. The average Bonchev–Trinajstić information content (AvgIpc) is 3.29. The smallest absolute Gasteiger partial charge is 0.240 e.